The molecule has 0 aliphatic carbocycles. The van der Waals surface area contributed by atoms with Crippen LogP contribution in [0, 0.1) is 0 Å². The first-order chi connectivity index (χ1) is 13.5. The van der Waals surface area contributed by atoms with Gasteiger partial charge in [0.05, 0.1) is 0 Å². The minimum absolute atomic E-state index is 0.210. The molecule has 0 bridgehead atoms. The van der Waals surface area contributed by atoms with E-state index >= 15 is 0 Å². The van der Waals surface area contributed by atoms with Gasteiger partial charge in [0, 0.05) is 21.8 Å². The van der Waals surface area contributed by atoms with Crippen molar-refractivity contribution >= 4 is 34.3 Å². The minimum atomic E-state index is -0.210. The lowest BCUT2D eigenvalue weighted by atomic mass is 10.0. The molecule has 140 valence electrons. The average molecular weight is 391 g/mol. The summed E-state index contributed by atoms with van der Waals surface area (Å²) in [5.41, 5.74) is 4.88. The van der Waals surface area contributed by atoms with Crippen LogP contribution in [-0.2, 0) is 0 Å². The molecule has 5 heteroatoms. The van der Waals surface area contributed by atoms with E-state index in [4.69, 9.17) is 16.0 Å². The number of carbonyl (C=O) groups excluding carboxylic acids is 1. The third-order valence-corrected chi connectivity index (χ3v) is 4.79. The number of rotatable bonds is 4. The SMILES string of the molecule is CC(C)c1ccc2oc(-c3ccc(NC(=O)c4cccc(Cl)c4)cc3)nc2c1. The molecule has 4 nitrogen and oxygen atoms in total. The predicted molar refractivity (Wildman–Crippen MR) is 113 cm³/mol. The zero-order valence-corrected chi connectivity index (χ0v) is 16.3. The molecule has 0 aliphatic heterocycles. The lowest BCUT2D eigenvalue weighted by Gasteiger charge is -2.06. The molecular weight excluding hydrogens is 372 g/mol. The van der Waals surface area contributed by atoms with Gasteiger partial charge in [0.25, 0.3) is 5.91 Å². The van der Waals surface area contributed by atoms with Crippen LogP contribution in [0.2, 0.25) is 5.02 Å². The molecule has 28 heavy (non-hydrogen) atoms. The highest BCUT2D eigenvalue weighted by Crippen LogP contribution is 2.27. The number of halogens is 1. The second-order valence-electron chi connectivity index (χ2n) is 6.94. The number of carbonyl (C=O) groups is 1. The van der Waals surface area contributed by atoms with Crippen molar-refractivity contribution in [3.05, 3.63) is 82.9 Å². The zero-order chi connectivity index (χ0) is 19.7. The van der Waals surface area contributed by atoms with Crippen molar-refractivity contribution in [2.45, 2.75) is 19.8 Å². The van der Waals surface area contributed by atoms with Gasteiger partial charge in [-0.15, -0.1) is 0 Å². The molecule has 0 saturated carbocycles. The minimum Gasteiger partial charge on any atom is -0.436 e. The first kappa shape index (κ1) is 18.3. The maximum atomic E-state index is 12.3. The Balaban J connectivity index is 1.54. The van der Waals surface area contributed by atoms with E-state index in [1.165, 1.54) is 5.56 Å². The van der Waals surface area contributed by atoms with Crippen molar-refractivity contribution in [1.29, 1.82) is 0 Å². The van der Waals surface area contributed by atoms with Crippen molar-refractivity contribution in [1.82, 2.24) is 4.98 Å². The summed E-state index contributed by atoms with van der Waals surface area (Å²) in [6, 6.07) is 20.3. The molecule has 4 aromatic rings. The molecule has 4 rings (SSSR count). The Hall–Kier alpha value is -3.11. The van der Waals surface area contributed by atoms with Gasteiger partial charge < -0.3 is 9.73 Å². The standard InChI is InChI=1S/C23H19ClN2O2/c1-14(2)16-8-11-21-20(13-16)26-23(28-21)15-6-9-19(10-7-15)25-22(27)17-4-3-5-18(24)12-17/h3-14H,1-2H3,(H,25,27). The first-order valence-corrected chi connectivity index (χ1v) is 9.45. The Labute approximate surface area is 168 Å². The topological polar surface area (TPSA) is 55.1 Å². The van der Waals surface area contributed by atoms with Crippen molar-refractivity contribution in [3.8, 4) is 11.5 Å². The van der Waals surface area contributed by atoms with E-state index in [0.717, 1.165) is 16.7 Å². The number of benzene rings is 3. The highest BCUT2D eigenvalue weighted by Gasteiger charge is 2.11. The molecule has 0 saturated heterocycles. The van der Waals surface area contributed by atoms with Gasteiger partial charge in [-0.2, -0.15) is 0 Å². The zero-order valence-electron chi connectivity index (χ0n) is 15.6. The number of amides is 1. The van der Waals surface area contributed by atoms with Crippen LogP contribution in [0.5, 0.6) is 0 Å². The van der Waals surface area contributed by atoms with Crippen LogP contribution >= 0.6 is 11.6 Å². The van der Waals surface area contributed by atoms with E-state index in [1.807, 2.05) is 30.3 Å². The fourth-order valence-corrected chi connectivity index (χ4v) is 3.15. The van der Waals surface area contributed by atoms with Crippen LogP contribution in [0.15, 0.2) is 71.1 Å². The van der Waals surface area contributed by atoms with Crippen molar-refractivity contribution in [3.63, 3.8) is 0 Å². The van der Waals surface area contributed by atoms with Gasteiger partial charge in [-0.05, 0) is 66.1 Å². The number of aromatic nitrogens is 1. The summed E-state index contributed by atoms with van der Waals surface area (Å²) in [6.07, 6.45) is 0. The molecule has 3 aromatic carbocycles. The number of nitrogens with zero attached hydrogens (tertiary/aromatic N) is 1. The molecule has 0 radical (unpaired) electrons. The van der Waals surface area contributed by atoms with Gasteiger partial charge >= 0.3 is 0 Å². The lowest BCUT2D eigenvalue weighted by molar-refractivity contribution is 0.102. The van der Waals surface area contributed by atoms with E-state index < -0.39 is 0 Å². The van der Waals surface area contributed by atoms with E-state index in [2.05, 4.69) is 36.3 Å². The second-order valence-corrected chi connectivity index (χ2v) is 7.38. The maximum absolute atomic E-state index is 12.3. The summed E-state index contributed by atoms with van der Waals surface area (Å²) in [7, 11) is 0. The summed E-state index contributed by atoms with van der Waals surface area (Å²) < 4.78 is 5.88. The highest BCUT2D eigenvalue weighted by molar-refractivity contribution is 6.31. The van der Waals surface area contributed by atoms with Crippen molar-refractivity contribution in [2.24, 2.45) is 0 Å². The molecule has 0 fully saturated rings. The third-order valence-electron chi connectivity index (χ3n) is 4.55. The fourth-order valence-electron chi connectivity index (χ4n) is 2.96. The monoisotopic (exact) mass is 390 g/mol. The van der Waals surface area contributed by atoms with E-state index in [-0.39, 0.29) is 5.91 Å². The second kappa shape index (κ2) is 7.49. The van der Waals surface area contributed by atoms with Crippen molar-refractivity contribution in [2.75, 3.05) is 5.32 Å². The first-order valence-electron chi connectivity index (χ1n) is 9.07. The van der Waals surface area contributed by atoms with Gasteiger partial charge in [-0.1, -0.05) is 37.6 Å². The summed E-state index contributed by atoms with van der Waals surface area (Å²) in [5, 5.41) is 3.39. The van der Waals surface area contributed by atoms with Gasteiger partial charge in [0.1, 0.15) is 5.52 Å². The third kappa shape index (κ3) is 3.78. The highest BCUT2D eigenvalue weighted by atomic mass is 35.5. The van der Waals surface area contributed by atoms with Crippen LogP contribution in [-0.4, -0.2) is 10.9 Å². The Bertz CT molecular complexity index is 1150. The smallest absolute Gasteiger partial charge is 0.255 e. The quantitative estimate of drug-likeness (QED) is 0.431. The molecule has 1 heterocycles. The summed E-state index contributed by atoms with van der Waals surface area (Å²) in [4.78, 5) is 16.9. The summed E-state index contributed by atoms with van der Waals surface area (Å²) in [6.45, 7) is 4.30. The molecule has 0 spiro atoms. The number of anilines is 1. The predicted octanol–water partition coefficient (Wildman–Crippen LogP) is 6.52. The van der Waals surface area contributed by atoms with Crippen LogP contribution < -0.4 is 5.32 Å². The Morgan fingerprint density at radius 2 is 1.82 bits per heavy atom. The Kier molecular flexibility index (Phi) is 4.88. The average Bonchev–Trinajstić information content (AvgIpc) is 3.11. The normalized spacial score (nSPS) is 11.1. The number of hydrogen-bond acceptors (Lipinski definition) is 3. The molecule has 1 N–H and O–H groups in total. The molecule has 0 aliphatic rings. The van der Waals surface area contributed by atoms with Crippen LogP contribution in [0.3, 0.4) is 0 Å². The van der Waals surface area contributed by atoms with Crippen LogP contribution in [0.1, 0.15) is 35.7 Å². The Morgan fingerprint density at radius 3 is 2.54 bits per heavy atom. The molecule has 0 atom stereocenters. The summed E-state index contributed by atoms with van der Waals surface area (Å²) in [5.74, 6) is 0.786. The molecular formula is C23H19ClN2O2. The number of fused-ring (bicyclic) bond motifs is 1. The van der Waals surface area contributed by atoms with E-state index in [0.29, 0.717) is 28.1 Å². The van der Waals surface area contributed by atoms with Gasteiger partial charge in [-0.3, -0.25) is 4.79 Å². The van der Waals surface area contributed by atoms with Crippen LogP contribution in [0.4, 0.5) is 5.69 Å². The van der Waals surface area contributed by atoms with Gasteiger partial charge in [0.15, 0.2) is 5.58 Å². The van der Waals surface area contributed by atoms with Crippen LogP contribution in [0.25, 0.3) is 22.6 Å². The van der Waals surface area contributed by atoms with Crippen molar-refractivity contribution < 1.29 is 9.21 Å². The lowest BCUT2D eigenvalue weighted by Crippen LogP contribution is -2.11. The van der Waals surface area contributed by atoms with Gasteiger partial charge in [0.2, 0.25) is 5.89 Å². The molecule has 1 aromatic heterocycles. The van der Waals surface area contributed by atoms with E-state index in [9.17, 15) is 4.79 Å². The number of nitrogens with one attached hydrogen (secondary N) is 1. The summed E-state index contributed by atoms with van der Waals surface area (Å²) >= 11 is 5.94. The maximum Gasteiger partial charge on any atom is 0.255 e. The number of oxazole rings is 1. The molecule has 0 unspecified atom stereocenters. The fraction of sp³-hybridized carbons (Fsp3) is 0.130. The Morgan fingerprint density at radius 1 is 1.04 bits per heavy atom. The van der Waals surface area contributed by atoms with Gasteiger partial charge in [-0.25, -0.2) is 4.98 Å². The largest absolute Gasteiger partial charge is 0.436 e. The van der Waals surface area contributed by atoms with E-state index in [1.54, 1.807) is 24.3 Å². The molecule has 1 amide bonds. The number of hydrogen-bond donors (Lipinski definition) is 1.